The van der Waals surface area contributed by atoms with Crippen molar-refractivity contribution in [2.75, 3.05) is 32.7 Å². The van der Waals surface area contributed by atoms with Gasteiger partial charge in [0.05, 0.1) is 6.10 Å². The van der Waals surface area contributed by atoms with Crippen LogP contribution in [-0.2, 0) is 4.79 Å². The molecule has 1 aromatic heterocycles. The molecule has 2 fully saturated rings. The van der Waals surface area contributed by atoms with Crippen molar-refractivity contribution in [2.45, 2.75) is 37.7 Å². The maximum Gasteiger partial charge on any atom is 0.222 e. The van der Waals surface area contributed by atoms with Gasteiger partial charge in [0, 0.05) is 50.9 Å². The normalized spacial score (nSPS) is 25.5. The Morgan fingerprint density at radius 1 is 1.38 bits per heavy atom. The number of imidazole rings is 1. The molecular weight excluding hydrogens is 268 g/mol. The topological polar surface area (TPSA) is 72.5 Å². The SMILES string of the molecule is O=C1CCCN1CC(O)CN1CCCC(c2ncc[nH]2)C1. The summed E-state index contributed by atoms with van der Waals surface area (Å²) in [7, 11) is 0. The van der Waals surface area contributed by atoms with Crippen molar-refractivity contribution in [2.24, 2.45) is 0 Å². The molecule has 2 N–H and O–H groups in total. The van der Waals surface area contributed by atoms with Crippen molar-refractivity contribution in [3.8, 4) is 0 Å². The minimum Gasteiger partial charge on any atom is -0.390 e. The van der Waals surface area contributed by atoms with Gasteiger partial charge in [-0.05, 0) is 25.8 Å². The third-order valence-corrected chi connectivity index (χ3v) is 4.48. The van der Waals surface area contributed by atoms with Crippen LogP contribution in [0.5, 0.6) is 0 Å². The fraction of sp³-hybridized carbons (Fsp3) is 0.733. The van der Waals surface area contributed by atoms with Crippen LogP contribution >= 0.6 is 0 Å². The van der Waals surface area contributed by atoms with Crippen LogP contribution in [0.1, 0.15) is 37.4 Å². The van der Waals surface area contributed by atoms with Crippen LogP contribution in [0, 0.1) is 0 Å². The Balaban J connectivity index is 1.49. The molecule has 0 aliphatic carbocycles. The minimum atomic E-state index is -0.456. The minimum absolute atomic E-state index is 0.182. The fourth-order valence-electron chi connectivity index (χ4n) is 3.45. The Morgan fingerprint density at radius 3 is 3.00 bits per heavy atom. The summed E-state index contributed by atoms with van der Waals surface area (Å²) in [6.07, 6.45) is 7.03. The lowest BCUT2D eigenvalue weighted by atomic mass is 9.97. The van der Waals surface area contributed by atoms with Gasteiger partial charge in [-0.3, -0.25) is 9.69 Å². The van der Waals surface area contributed by atoms with E-state index in [4.69, 9.17) is 0 Å². The lowest BCUT2D eigenvalue weighted by Gasteiger charge is -2.33. The zero-order valence-electron chi connectivity index (χ0n) is 12.4. The Kier molecular flexibility index (Phi) is 4.55. The van der Waals surface area contributed by atoms with Gasteiger partial charge in [-0.25, -0.2) is 4.98 Å². The number of carbonyl (C=O) groups is 1. The predicted molar refractivity (Wildman–Crippen MR) is 78.8 cm³/mol. The van der Waals surface area contributed by atoms with E-state index in [0.717, 1.165) is 44.7 Å². The number of carbonyl (C=O) groups excluding carboxylic acids is 1. The van der Waals surface area contributed by atoms with Crippen LogP contribution in [0.2, 0.25) is 0 Å². The average Bonchev–Trinajstić information content (AvgIpc) is 3.12. The van der Waals surface area contributed by atoms with Crippen LogP contribution in [0.4, 0.5) is 0 Å². The lowest BCUT2D eigenvalue weighted by molar-refractivity contribution is -0.129. The van der Waals surface area contributed by atoms with E-state index in [1.54, 1.807) is 11.1 Å². The molecule has 2 saturated heterocycles. The van der Waals surface area contributed by atoms with Gasteiger partial charge in [-0.1, -0.05) is 0 Å². The first-order valence-corrected chi connectivity index (χ1v) is 7.90. The number of H-pyrrole nitrogens is 1. The summed E-state index contributed by atoms with van der Waals surface area (Å²) in [5.41, 5.74) is 0. The highest BCUT2D eigenvalue weighted by atomic mass is 16.3. The maximum absolute atomic E-state index is 11.6. The number of rotatable bonds is 5. The molecule has 0 saturated carbocycles. The quantitative estimate of drug-likeness (QED) is 0.832. The number of nitrogens with zero attached hydrogens (tertiary/aromatic N) is 3. The molecule has 0 aromatic carbocycles. The molecule has 1 amide bonds. The molecule has 2 unspecified atom stereocenters. The summed E-state index contributed by atoms with van der Waals surface area (Å²) in [6, 6.07) is 0. The van der Waals surface area contributed by atoms with Crippen LogP contribution in [0.3, 0.4) is 0 Å². The summed E-state index contributed by atoms with van der Waals surface area (Å²) in [5, 5.41) is 10.2. The second-order valence-corrected chi connectivity index (χ2v) is 6.17. The molecule has 0 spiro atoms. The molecule has 116 valence electrons. The van der Waals surface area contributed by atoms with E-state index < -0.39 is 6.10 Å². The standard InChI is InChI=1S/C15H24N4O2/c20-13(11-19-8-2-4-14(19)21)10-18-7-1-3-12(9-18)15-16-5-6-17-15/h5-6,12-13,20H,1-4,7-11H2,(H,16,17). The van der Waals surface area contributed by atoms with Gasteiger partial charge in [-0.15, -0.1) is 0 Å². The third kappa shape index (κ3) is 3.63. The first kappa shape index (κ1) is 14.5. The molecule has 2 aliphatic rings. The number of hydrogen-bond donors (Lipinski definition) is 2. The van der Waals surface area contributed by atoms with Crippen molar-refractivity contribution < 1.29 is 9.90 Å². The molecule has 3 rings (SSSR count). The number of likely N-dealkylation sites (tertiary alicyclic amines) is 2. The van der Waals surface area contributed by atoms with Crippen molar-refractivity contribution in [1.29, 1.82) is 0 Å². The highest BCUT2D eigenvalue weighted by molar-refractivity contribution is 5.78. The summed E-state index contributed by atoms with van der Waals surface area (Å²) in [4.78, 5) is 23.2. The zero-order chi connectivity index (χ0) is 14.7. The Morgan fingerprint density at radius 2 is 2.29 bits per heavy atom. The number of nitrogens with one attached hydrogen (secondary N) is 1. The van der Waals surface area contributed by atoms with E-state index in [1.165, 1.54) is 0 Å². The zero-order valence-corrected chi connectivity index (χ0v) is 12.4. The summed E-state index contributed by atoms with van der Waals surface area (Å²) in [5.74, 6) is 1.65. The largest absolute Gasteiger partial charge is 0.390 e. The number of piperidine rings is 1. The smallest absolute Gasteiger partial charge is 0.222 e. The number of aliphatic hydroxyl groups excluding tert-OH is 1. The van der Waals surface area contributed by atoms with Gasteiger partial charge in [0.25, 0.3) is 0 Å². The van der Waals surface area contributed by atoms with E-state index in [2.05, 4.69) is 14.9 Å². The molecular formula is C15H24N4O2. The molecule has 6 nitrogen and oxygen atoms in total. The van der Waals surface area contributed by atoms with Gasteiger partial charge in [0.1, 0.15) is 5.82 Å². The second kappa shape index (κ2) is 6.58. The molecule has 6 heteroatoms. The van der Waals surface area contributed by atoms with Crippen molar-refractivity contribution >= 4 is 5.91 Å². The van der Waals surface area contributed by atoms with Crippen LogP contribution < -0.4 is 0 Å². The number of hydrogen-bond acceptors (Lipinski definition) is 4. The number of β-amino-alcohol motifs (C(OH)–C–C–N with tert-alkyl or cyclic N) is 1. The van der Waals surface area contributed by atoms with Gasteiger partial charge in [0.2, 0.25) is 5.91 Å². The molecule has 3 heterocycles. The molecule has 1 aromatic rings. The Hall–Kier alpha value is -1.40. The van der Waals surface area contributed by atoms with E-state index >= 15 is 0 Å². The highest BCUT2D eigenvalue weighted by Crippen LogP contribution is 2.24. The second-order valence-electron chi connectivity index (χ2n) is 6.17. The molecule has 21 heavy (non-hydrogen) atoms. The number of aromatic nitrogens is 2. The van der Waals surface area contributed by atoms with Crippen LogP contribution in [0.15, 0.2) is 12.4 Å². The van der Waals surface area contributed by atoms with E-state index in [-0.39, 0.29) is 5.91 Å². The van der Waals surface area contributed by atoms with Gasteiger partial charge < -0.3 is 15.0 Å². The van der Waals surface area contributed by atoms with Gasteiger partial charge in [-0.2, -0.15) is 0 Å². The fourth-order valence-corrected chi connectivity index (χ4v) is 3.45. The highest BCUT2D eigenvalue weighted by Gasteiger charge is 2.27. The van der Waals surface area contributed by atoms with Crippen LogP contribution in [-0.4, -0.2) is 69.6 Å². The first-order chi connectivity index (χ1) is 10.2. The van der Waals surface area contributed by atoms with E-state index in [9.17, 15) is 9.90 Å². The lowest BCUT2D eigenvalue weighted by Crippen LogP contribution is -2.44. The molecule has 0 bridgehead atoms. The van der Waals surface area contributed by atoms with E-state index in [0.29, 0.717) is 25.4 Å². The number of aliphatic hydroxyl groups is 1. The first-order valence-electron chi connectivity index (χ1n) is 7.90. The van der Waals surface area contributed by atoms with Gasteiger partial charge in [0.15, 0.2) is 0 Å². The van der Waals surface area contributed by atoms with Crippen molar-refractivity contribution in [3.05, 3.63) is 18.2 Å². The molecule has 0 radical (unpaired) electrons. The van der Waals surface area contributed by atoms with Gasteiger partial charge >= 0.3 is 0 Å². The summed E-state index contributed by atoms with van der Waals surface area (Å²) < 4.78 is 0. The third-order valence-electron chi connectivity index (χ3n) is 4.48. The summed E-state index contributed by atoms with van der Waals surface area (Å²) >= 11 is 0. The Labute approximate surface area is 125 Å². The average molecular weight is 292 g/mol. The monoisotopic (exact) mass is 292 g/mol. The predicted octanol–water partition coefficient (Wildman–Crippen LogP) is 0.572. The Bertz CT molecular complexity index is 462. The van der Waals surface area contributed by atoms with E-state index in [1.807, 2.05) is 6.20 Å². The molecule has 2 atom stereocenters. The molecule has 2 aliphatic heterocycles. The van der Waals surface area contributed by atoms with Crippen molar-refractivity contribution in [3.63, 3.8) is 0 Å². The maximum atomic E-state index is 11.6. The van der Waals surface area contributed by atoms with Crippen LogP contribution in [0.25, 0.3) is 0 Å². The number of amides is 1. The van der Waals surface area contributed by atoms with Crippen molar-refractivity contribution in [1.82, 2.24) is 19.8 Å². The summed E-state index contributed by atoms with van der Waals surface area (Å²) in [6.45, 7) is 3.85. The number of aromatic amines is 1.